The third-order valence-electron chi connectivity index (χ3n) is 6.26. The number of carbonyl (C=O) groups excluding carboxylic acids is 1. The van der Waals surface area contributed by atoms with Gasteiger partial charge in [0.15, 0.2) is 5.78 Å². The predicted octanol–water partition coefficient (Wildman–Crippen LogP) is 4.81. The molecule has 1 aliphatic rings. The first-order valence-electron chi connectivity index (χ1n) is 9.46. The highest BCUT2D eigenvalue weighted by molar-refractivity contribution is 6.20. The number of Topliss-reactive ketones (excluding diaryl/α,β-unsaturated/α-hetero) is 1. The van der Waals surface area contributed by atoms with Crippen molar-refractivity contribution < 1.29 is 4.79 Å². The number of aryl methyl sites for hydroxylation is 3. The number of ketones is 1. The van der Waals surface area contributed by atoms with Crippen LogP contribution in [0, 0.1) is 45.9 Å². The number of fused-ring (bicyclic) bond motifs is 2. The van der Waals surface area contributed by atoms with Crippen molar-refractivity contribution in [3.63, 3.8) is 0 Å². The predicted molar refractivity (Wildman–Crippen MR) is 112 cm³/mol. The van der Waals surface area contributed by atoms with Crippen molar-refractivity contribution in [2.24, 2.45) is 7.05 Å². The van der Waals surface area contributed by atoms with Crippen molar-refractivity contribution in [2.45, 2.75) is 41.0 Å². The average Bonchev–Trinajstić information content (AvgIpc) is 3.24. The molecule has 0 aliphatic heterocycles. The number of hydrogen-bond donors (Lipinski definition) is 0. The summed E-state index contributed by atoms with van der Waals surface area (Å²) < 4.78 is 2.08. The van der Waals surface area contributed by atoms with E-state index in [0.717, 1.165) is 55.7 Å². The average molecular weight is 369 g/mol. The summed E-state index contributed by atoms with van der Waals surface area (Å²) in [7, 11) is 2.02. The number of carbonyl (C=O) groups is 1. The maximum atomic E-state index is 13.6. The van der Waals surface area contributed by atoms with E-state index in [4.69, 9.17) is 0 Å². The highest BCUT2D eigenvalue weighted by atomic mass is 16.1. The largest absolute Gasteiger partial charge is 0.350 e. The molecule has 0 spiro atoms. The van der Waals surface area contributed by atoms with Gasteiger partial charge in [-0.15, -0.1) is 0 Å². The zero-order chi connectivity index (χ0) is 20.3. The molecule has 0 saturated heterocycles. The van der Waals surface area contributed by atoms with E-state index >= 15 is 0 Å². The highest BCUT2D eigenvalue weighted by Gasteiger charge is 2.27. The van der Waals surface area contributed by atoms with E-state index in [1.807, 2.05) is 46.2 Å². The lowest BCUT2D eigenvalue weighted by Gasteiger charge is -2.15. The number of hydrogen-bond acceptors (Lipinski definition) is 3. The van der Waals surface area contributed by atoms with Crippen molar-refractivity contribution in [1.82, 2.24) is 9.55 Å². The van der Waals surface area contributed by atoms with Crippen LogP contribution < -0.4 is 0 Å². The van der Waals surface area contributed by atoms with Gasteiger partial charge in [0.05, 0.1) is 22.5 Å². The lowest BCUT2D eigenvalue weighted by molar-refractivity contribution is 0.103. The van der Waals surface area contributed by atoms with Crippen LogP contribution in [0.1, 0.15) is 55.1 Å². The van der Waals surface area contributed by atoms with Crippen LogP contribution in [0.5, 0.6) is 0 Å². The van der Waals surface area contributed by atoms with Crippen molar-refractivity contribution >= 4 is 22.8 Å². The van der Waals surface area contributed by atoms with E-state index in [-0.39, 0.29) is 5.78 Å². The summed E-state index contributed by atoms with van der Waals surface area (Å²) in [5.41, 5.74) is 10.1. The highest BCUT2D eigenvalue weighted by Crippen LogP contribution is 2.35. The van der Waals surface area contributed by atoms with E-state index in [0.29, 0.717) is 12.0 Å². The molecule has 2 aromatic heterocycles. The second kappa shape index (κ2) is 6.17. The summed E-state index contributed by atoms with van der Waals surface area (Å²) in [6.07, 6.45) is 4.46. The zero-order valence-corrected chi connectivity index (χ0v) is 17.2. The topological polar surface area (TPSA) is 58.7 Å². The van der Waals surface area contributed by atoms with Crippen LogP contribution >= 0.6 is 0 Å². The zero-order valence-electron chi connectivity index (χ0n) is 17.2. The van der Waals surface area contributed by atoms with Gasteiger partial charge in [0.25, 0.3) is 0 Å². The molecule has 28 heavy (non-hydrogen) atoms. The molecular formula is C24H23N3O. The first-order valence-corrected chi connectivity index (χ1v) is 9.46. The quantitative estimate of drug-likeness (QED) is 0.609. The van der Waals surface area contributed by atoms with Crippen LogP contribution in [-0.4, -0.2) is 15.3 Å². The normalized spacial score (nSPS) is 12.8. The SMILES string of the molecule is Cc1nc2c(c(C)c1C#N)C=C(C(=O)c1c(C)c(C)c(C)c3c1ccn3C)C2. The molecule has 0 atom stereocenters. The number of nitrogens with zero attached hydrogens (tertiary/aromatic N) is 3. The Hall–Kier alpha value is -3.19. The van der Waals surface area contributed by atoms with Crippen molar-refractivity contribution in [3.05, 3.63) is 68.2 Å². The summed E-state index contributed by atoms with van der Waals surface area (Å²) >= 11 is 0. The van der Waals surface area contributed by atoms with E-state index < -0.39 is 0 Å². The molecule has 4 rings (SSSR count). The second-order valence-electron chi connectivity index (χ2n) is 7.78. The lowest BCUT2D eigenvalue weighted by Crippen LogP contribution is -2.09. The third kappa shape index (κ3) is 2.36. The number of pyridine rings is 1. The van der Waals surface area contributed by atoms with Gasteiger partial charge < -0.3 is 4.57 Å². The molecule has 1 aliphatic carbocycles. The van der Waals surface area contributed by atoms with Gasteiger partial charge in [0.1, 0.15) is 6.07 Å². The summed E-state index contributed by atoms with van der Waals surface area (Å²) in [5, 5.41) is 10.4. The standard InChI is InChI=1S/C24H23N3O/c1-12-13(2)22(18-7-8-27(6)23(18)14(12)3)24(28)17-9-19-15(4)20(11-25)16(5)26-21(19)10-17/h7-9H,10H2,1-6H3. The first kappa shape index (κ1) is 18.2. The molecule has 0 N–H and O–H groups in total. The molecule has 0 radical (unpaired) electrons. The van der Waals surface area contributed by atoms with Crippen LogP contribution in [-0.2, 0) is 13.5 Å². The molecular weight excluding hydrogens is 346 g/mol. The number of aromatic nitrogens is 2. The minimum absolute atomic E-state index is 0.0605. The van der Waals surface area contributed by atoms with E-state index in [9.17, 15) is 10.1 Å². The monoisotopic (exact) mass is 369 g/mol. The van der Waals surface area contributed by atoms with Gasteiger partial charge in [-0.1, -0.05) is 0 Å². The lowest BCUT2D eigenvalue weighted by atomic mass is 9.89. The van der Waals surface area contributed by atoms with E-state index in [1.165, 1.54) is 5.56 Å². The molecule has 140 valence electrons. The molecule has 1 aromatic carbocycles. The number of nitriles is 1. The third-order valence-corrected chi connectivity index (χ3v) is 6.26. The van der Waals surface area contributed by atoms with Gasteiger partial charge in [-0.2, -0.15) is 5.26 Å². The molecule has 0 bridgehead atoms. The van der Waals surface area contributed by atoms with Gasteiger partial charge in [-0.3, -0.25) is 9.78 Å². The maximum absolute atomic E-state index is 13.6. The molecule has 0 unspecified atom stereocenters. The van der Waals surface area contributed by atoms with Crippen molar-refractivity contribution in [1.29, 1.82) is 5.26 Å². The molecule has 2 heterocycles. The Bertz CT molecular complexity index is 1270. The molecule has 4 heteroatoms. The van der Waals surface area contributed by atoms with Crippen molar-refractivity contribution in [3.8, 4) is 6.07 Å². The molecule has 0 amide bonds. The maximum Gasteiger partial charge on any atom is 0.190 e. The first-order chi connectivity index (χ1) is 13.3. The Morgan fingerprint density at radius 1 is 1.11 bits per heavy atom. The number of rotatable bonds is 2. The molecule has 0 saturated carbocycles. The van der Waals surface area contributed by atoms with Crippen LogP contribution in [0.15, 0.2) is 17.8 Å². The minimum Gasteiger partial charge on any atom is -0.350 e. The molecule has 4 nitrogen and oxygen atoms in total. The second-order valence-corrected chi connectivity index (χ2v) is 7.78. The Morgan fingerprint density at radius 3 is 2.50 bits per heavy atom. The fourth-order valence-electron chi connectivity index (χ4n) is 4.48. The fraction of sp³-hybridized carbons (Fsp3) is 0.292. The van der Waals surface area contributed by atoms with Gasteiger partial charge in [0, 0.05) is 41.8 Å². The summed E-state index contributed by atoms with van der Waals surface area (Å²) in [6.45, 7) is 10.0. The van der Waals surface area contributed by atoms with Gasteiger partial charge >= 0.3 is 0 Å². The molecule has 3 aromatic rings. The van der Waals surface area contributed by atoms with E-state index in [2.05, 4.69) is 29.5 Å². The summed E-state index contributed by atoms with van der Waals surface area (Å²) in [6, 6.07) is 4.27. The molecule has 0 fully saturated rings. The van der Waals surface area contributed by atoms with E-state index in [1.54, 1.807) is 0 Å². The number of benzene rings is 1. The van der Waals surface area contributed by atoms with Gasteiger partial charge in [-0.25, -0.2) is 0 Å². The van der Waals surface area contributed by atoms with Crippen molar-refractivity contribution in [2.75, 3.05) is 0 Å². The van der Waals surface area contributed by atoms with Gasteiger partial charge in [0.2, 0.25) is 0 Å². The number of allylic oxidation sites excluding steroid dienone is 1. The Labute approximate surface area is 165 Å². The minimum atomic E-state index is 0.0605. The smallest absolute Gasteiger partial charge is 0.190 e. The van der Waals surface area contributed by atoms with Crippen LogP contribution in [0.2, 0.25) is 0 Å². The Kier molecular flexibility index (Phi) is 4.01. The van der Waals surface area contributed by atoms with Crippen LogP contribution in [0.3, 0.4) is 0 Å². The van der Waals surface area contributed by atoms with Crippen LogP contribution in [0.25, 0.3) is 17.0 Å². The fourth-order valence-corrected chi connectivity index (χ4v) is 4.48. The Morgan fingerprint density at radius 2 is 1.82 bits per heavy atom. The van der Waals surface area contributed by atoms with Crippen LogP contribution in [0.4, 0.5) is 0 Å². The summed E-state index contributed by atoms with van der Waals surface area (Å²) in [4.78, 5) is 18.2. The summed E-state index contributed by atoms with van der Waals surface area (Å²) in [5.74, 6) is 0.0605. The van der Waals surface area contributed by atoms with Gasteiger partial charge in [-0.05, 0) is 69.0 Å². The Balaban J connectivity index is 1.90.